The monoisotopic (exact) mass is 272 g/mol. The van der Waals surface area contributed by atoms with Crippen molar-refractivity contribution in [1.29, 1.82) is 0 Å². The molecule has 0 saturated carbocycles. The molecule has 0 aliphatic heterocycles. The number of rotatable bonds is 4. The van der Waals surface area contributed by atoms with E-state index < -0.39 is 0 Å². The van der Waals surface area contributed by atoms with Crippen molar-refractivity contribution in [2.24, 2.45) is 0 Å². The Morgan fingerprint density at radius 1 is 1.15 bits per heavy atom. The van der Waals surface area contributed by atoms with Gasteiger partial charge in [-0.3, -0.25) is 4.79 Å². The molecule has 0 radical (unpaired) electrons. The Bertz CT molecular complexity index is 633. The molecule has 0 fully saturated rings. The number of hydrogen-bond acceptors (Lipinski definition) is 2. The number of benzene rings is 2. The van der Waals surface area contributed by atoms with Gasteiger partial charge in [0.15, 0.2) is 5.78 Å². The Morgan fingerprint density at radius 2 is 1.85 bits per heavy atom. The smallest absolute Gasteiger partial charge is 0.196 e. The second-order valence-corrected chi connectivity index (χ2v) is 4.96. The van der Waals surface area contributed by atoms with Crippen molar-refractivity contribution in [3.05, 3.63) is 65.0 Å². The molecule has 0 amide bonds. The van der Waals surface area contributed by atoms with Crippen molar-refractivity contribution in [3.63, 3.8) is 0 Å². The van der Waals surface area contributed by atoms with E-state index in [-0.39, 0.29) is 17.7 Å². The highest BCUT2D eigenvalue weighted by molar-refractivity contribution is 6.10. The number of aryl methyl sites for hydroxylation is 1. The Balaban J connectivity index is 2.40. The van der Waals surface area contributed by atoms with E-state index in [1.54, 1.807) is 37.3 Å². The summed E-state index contributed by atoms with van der Waals surface area (Å²) in [7, 11) is 0. The lowest BCUT2D eigenvalue weighted by Gasteiger charge is -2.13. The highest BCUT2D eigenvalue weighted by Gasteiger charge is 2.16. The van der Waals surface area contributed by atoms with Crippen LogP contribution in [0, 0.1) is 12.7 Å². The van der Waals surface area contributed by atoms with Gasteiger partial charge in [-0.2, -0.15) is 0 Å². The summed E-state index contributed by atoms with van der Waals surface area (Å²) in [5.41, 5.74) is 1.30. The van der Waals surface area contributed by atoms with Crippen molar-refractivity contribution < 1.29 is 13.9 Å². The summed E-state index contributed by atoms with van der Waals surface area (Å²) in [4.78, 5) is 12.5. The number of halogens is 1. The van der Waals surface area contributed by atoms with Gasteiger partial charge in [0.2, 0.25) is 0 Å². The Morgan fingerprint density at radius 3 is 2.50 bits per heavy atom. The summed E-state index contributed by atoms with van der Waals surface area (Å²) < 4.78 is 19.2. The molecule has 0 heterocycles. The number of ether oxygens (including phenoxy) is 1. The number of carbonyl (C=O) groups excluding carboxylic acids is 1. The molecule has 0 aromatic heterocycles. The lowest BCUT2D eigenvalue weighted by molar-refractivity contribution is 0.103. The normalized spacial score (nSPS) is 10.7. The maximum Gasteiger partial charge on any atom is 0.196 e. The van der Waals surface area contributed by atoms with Gasteiger partial charge in [0, 0.05) is 5.56 Å². The summed E-state index contributed by atoms with van der Waals surface area (Å²) in [6.45, 7) is 5.46. The van der Waals surface area contributed by atoms with Gasteiger partial charge in [-0.15, -0.1) is 0 Å². The van der Waals surface area contributed by atoms with Crippen LogP contribution in [0.1, 0.15) is 35.3 Å². The third-order valence-electron chi connectivity index (χ3n) is 2.93. The fourth-order valence-electron chi connectivity index (χ4n) is 1.90. The largest absolute Gasteiger partial charge is 0.490 e. The third kappa shape index (κ3) is 3.05. The van der Waals surface area contributed by atoms with Gasteiger partial charge in [-0.1, -0.05) is 24.3 Å². The van der Waals surface area contributed by atoms with E-state index in [2.05, 4.69) is 0 Å². The van der Waals surface area contributed by atoms with Crippen molar-refractivity contribution >= 4 is 5.78 Å². The van der Waals surface area contributed by atoms with Gasteiger partial charge < -0.3 is 4.74 Å². The Labute approximate surface area is 118 Å². The molecule has 0 N–H and O–H groups in total. The first-order chi connectivity index (χ1) is 9.49. The van der Waals surface area contributed by atoms with E-state index in [4.69, 9.17) is 4.74 Å². The minimum absolute atomic E-state index is 0.0290. The number of ketones is 1. The second-order valence-electron chi connectivity index (χ2n) is 4.96. The molecular weight excluding hydrogens is 255 g/mol. The molecule has 0 atom stereocenters. The molecular formula is C17H17FO2. The molecule has 3 heteroatoms. The van der Waals surface area contributed by atoms with Gasteiger partial charge in [-0.05, 0) is 44.5 Å². The van der Waals surface area contributed by atoms with Gasteiger partial charge in [0.1, 0.15) is 11.6 Å². The number of para-hydroxylation sites is 1. The maximum absolute atomic E-state index is 13.6. The van der Waals surface area contributed by atoms with Crippen LogP contribution in [-0.2, 0) is 0 Å². The lowest BCUT2D eigenvalue weighted by Crippen LogP contribution is -2.11. The summed E-state index contributed by atoms with van der Waals surface area (Å²) in [6, 6.07) is 11.5. The first-order valence-corrected chi connectivity index (χ1v) is 6.55. The van der Waals surface area contributed by atoms with Gasteiger partial charge in [0.25, 0.3) is 0 Å². The highest BCUT2D eigenvalue weighted by Crippen LogP contribution is 2.23. The average Bonchev–Trinajstić information content (AvgIpc) is 2.41. The molecule has 2 aromatic rings. The molecule has 2 rings (SSSR count). The SMILES string of the molecule is Cc1ccc(C(=O)c2ccccc2OC(C)C)cc1F. The number of hydrogen-bond donors (Lipinski definition) is 0. The molecule has 0 spiro atoms. The Kier molecular flexibility index (Phi) is 4.18. The summed E-state index contributed by atoms with van der Waals surface area (Å²) in [5.74, 6) is -0.0910. The lowest BCUT2D eigenvalue weighted by atomic mass is 10.0. The first kappa shape index (κ1) is 14.3. The van der Waals surface area contributed by atoms with Crippen molar-refractivity contribution in [1.82, 2.24) is 0 Å². The summed E-state index contributed by atoms with van der Waals surface area (Å²) >= 11 is 0. The molecule has 0 aliphatic rings. The van der Waals surface area contributed by atoms with Crippen LogP contribution >= 0.6 is 0 Å². The molecule has 104 valence electrons. The van der Waals surface area contributed by atoms with Gasteiger partial charge >= 0.3 is 0 Å². The molecule has 2 nitrogen and oxygen atoms in total. The molecule has 2 aromatic carbocycles. The zero-order valence-corrected chi connectivity index (χ0v) is 11.8. The third-order valence-corrected chi connectivity index (χ3v) is 2.93. The van der Waals surface area contributed by atoms with Crippen LogP contribution in [0.4, 0.5) is 4.39 Å². The van der Waals surface area contributed by atoms with Crippen LogP contribution in [0.3, 0.4) is 0 Å². The topological polar surface area (TPSA) is 26.3 Å². The van der Waals surface area contributed by atoms with E-state index in [0.717, 1.165) is 0 Å². The van der Waals surface area contributed by atoms with Crippen LogP contribution in [0.2, 0.25) is 0 Å². The predicted octanol–water partition coefficient (Wildman–Crippen LogP) is 4.15. The quantitative estimate of drug-likeness (QED) is 0.781. The van der Waals surface area contributed by atoms with E-state index >= 15 is 0 Å². The average molecular weight is 272 g/mol. The zero-order chi connectivity index (χ0) is 14.7. The van der Waals surface area contributed by atoms with Crippen LogP contribution in [0.25, 0.3) is 0 Å². The van der Waals surface area contributed by atoms with E-state index in [1.807, 2.05) is 19.9 Å². The predicted molar refractivity (Wildman–Crippen MR) is 76.8 cm³/mol. The van der Waals surface area contributed by atoms with Crippen LogP contribution < -0.4 is 4.74 Å². The number of carbonyl (C=O) groups is 1. The van der Waals surface area contributed by atoms with Gasteiger partial charge in [-0.25, -0.2) is 4.39 Å². The standard InChI is InChI=1S/C17H17FO2/c1-11(2)20-16-7-5-4-6-14(16)17(19)13-9-8-12(3)15(18)10-13/h4-11H,1-3H3. The van der Waals surface area contributed by atoms with Crippen LogP contribution in [-0.4, -0.2) is 11.9 Å². The van der Waals surface area contributed by atoms with Crippen LogP contribution in [0.5, 0.6) is 5.75 Å². The van der Waals surface area contributed by atoms with Crippen molar-refractivity contribution in [3.8, 4) is 5.75 Å². The summed E-state index contributed by atoms with van der Waals surface area (Å²) in [5, 5.41) is 0. The minimum Gasteiger partial charge on any atom is -0.490 e. The zero-order valence-electron chi connectivity index (χ0n) is 11.8. The molecule has 0 saturated heterocycles. The fraction of sp³-hybridized carbons (Fsp3) is 0.235. The van der Waals surface area contributed by atoms with E-state index in [0.29, 0.717) is 22.4 Å². The molecule has 0 bridgehead atoms. The molecule has 20 heavy (non-hydrogen) atoms. The highest BCUT2D eigenvalue weighted by atomic mass is 19.1. The van der Waals surface area contributed by atoms with Crippen molar-refractivity contribution in [2.45, 2.75) is 26.9 Å². The van der Waals surface area contributed by atoms with E-state index in [1.165, 1.54) is 6.07 Å². The fourth-order valence-corrected chi connectivity index (χ4v) is 1.90. The van der Waals surface area contributed by atoms with Gasteiger partial charge in [0.05, 0.1) is 11.7 Å². The Hall–Kier alpha value is -2.16. The maximum atomic E-state index is 13.6. The first-order valence-electron chi connectivity index (χ1n) is 6.55. The second kappa shape index (κ2) is 5.87. The molecule has 0 aliphatic carbocycles. The molecule has 0 unspecified atom stereocenters. The summed E-state index contributed by atoms with van der Waals surface area (Å²) in [6.07, 6.45) is -0.0290. The minimum atomic E-state index is -0.377. The van der Waals surface area contributed by atoms with Crippen LogP contribution in [0.15, 0.2) is 42.5 Å². The van der Waals surface area contributed by atoms with Crippen molar-refractivity contribution in [2.75, 3.05) is 0 Å². The van der Waals surface area contributed by atoms with E-state index in [9.17, 15) is 9.18 Å².